The molecule has 0 radical (unpaired) electrons. The van der Waals surface area contributed by atoms with E-state index < -0.39 is 5.91 Å². The van der Waals surface area contributed by atoms with Crippen molar-refractivity contribution in [3.8, 4) is 0 Å². The van der Waals surface area contributed by atoms with Crippen LogP contribution in [0.15, 0.2) is 18.2 Å². The predicted octanol–water partition coefficient (Wildman–Crippen LogP) is 0.847. The Kier molecular flexibility index (Phi) is 3.03. The maximum absolute atomic E-state index is 11.3. The van der Waals surface area contributed by atoms with Crippen molar-refractivity contribution in [3.05, 3.63) is 28.8 Å². The fraction of sp³-hybridized carbons (Fsp3) is 0.364. The lowest BCUT2D eigenvalue weighted by Crippen LogP contribution is -2.56. The average molecular weight is 240 g/mol. The first kappa shape index (κ1) is 11.2. The lowest BCUT2D eigenvalue weighted by Gasteiger charge is -2.37. The Labute approximate surface area is 99.4 Å². The molecular weight excluding hydrogens is 226 g/mol. The number of benzene rings is 1. The normalized spacial score (nSPS) is 15.6. The monoisotopic (exact) mass is 239 g/mol. The van der Waals surface area contributed by atoms with Crippen molar-refractivity contribution in [1.29, 1.82) is 0 Å². The Hall–Kier alpha value is -1.26. The number of primary amides is 1. The maximum atomic E-state index is 11.3. The van der Waals surface area contributed by atoms with E-state index in [9.17, 15) is 4.79 Å². The number of carbonyl (C=O) groups is 1. The van der Waals surface area contributed by atoms with Gasteiger partial charge in [0.05, 0.1) is 11.6 Å². The lowest BCUT2D eigenvalue weighted by atomic mass is 10.1. The Balaban J connectivity index is 2.34. The van der Waals surface area contributed by atoms with Crippen LogP contribution in [-0.4, -0.2) is 32.1 Å². The quantitative estimate of drug-likeness (QED) is 0.822. The molecule has 2 rings (SSSR count). The number of halogens is 1. The van der Waals surface area contributed by atoms with E-state index in [1.165, 1.54) is 0 Å². The molecule has 5 heteroatoms. The number of hydrogen-bond donors (Lipinski definition) is 2. The Bertz CT molecular complexity index is 418. The van der Waals surface area contributed by atoms with Gasteiger partial charge in [-0.3, -0.25) is 4.79 Å². The van der Waals surface area contributed by atoms with E-state index in [1.54, 1.807) is 12.1 Å². The third-order valence-electron chi connectivity index (χ3n) is 2.91. The Morgan fingerprint density at radius 3 is 2.75 bits per heavy atom. The molecule has 0 atom stereocenters. The summed E-state index contributed by atoms with van der Waals surface area (Å²) in [5.41, 5.74) is 6.65. The summed E-state index contributed by atoms with van der Waals surface area (Å²) in [6.07, 6.45) is 0. The van der Waals surface area contributed by atoms with Crippen LogP contribution in [0.1, 0.15) is 10.4 Å². The van der Waals surface area contributed by atoms with Crippen molar-refractivity contribution >= 4 is 23.2 Å². The second kappa shape index (κ2) is 4.31. The Morgan fingerprint density at radius 2 is 2.25 bits per heavy atom. The molecule has 1 amide bonds. The fourth-order valence-corrected chi connectivity index (χ4v) is 1.93. The van der Waals surface area contributed by atoms with Crippen molar-refractivity contribution in [2.75, 3.05) is 25.0 Å². The molecule has 0 aliphatic carbocycles. The highest BCUT2D eigenvalue weighted by atomic mass is 35.5. The van der Waals surface area contributed by atoms with Crippen LogP contribution in [0.25, 0.3) is 0 Å². The number of amides is 1. The van der Waals surface area contributed by atoms with E-state index >= 15 is 0 Å². The van der Waals surface area contributed by atoms with Crippen molar-refractivity contribution in [3.63, 3.8) is 0 Å². The second-order valence-corrected chi connectivity index (χ2v) is 4.39. The van der Waals surface area contributed by atoms with Crippen molar-refractivity contribution in [2.24, 2.45) is 5.73 Å². The molecule has 0 aromatic heterocycles. The van der Waals surface area contributed by atoms with Gasteiger partial charge < -0.3 is 16.0 Å². The van der Waals surface area contributed by atoms with Gasteiger partial charge in [0.1, 0.15) is 0 Å². The fourth-order valence-electron chi connectivity index (χ4n) is 1.76. The van der Waals surface area contributed by atoms with Crippen molar-refractivity contribution in [1.82, 2.24) is 5.32 Å². The van der Waals surface area contributed by atoms with Gasteiger partial charge in [-0.25, -0.2) is 0 Å². The molecule has 4 nitrogen and oxygen atoms in total. The second-order valence-electron chi connectivity index (χ2n) is 3.95. The topological polar surface area (TPSA) is 58.4 Å². The van der Waals surface area contributed by atoms with Gasteiger partial charge in [0, 0.05) is 30.8 Å². The summed E-state index contributed by atoms with van der Waals surface area (Å²) in [5, 5.41) is 3.71. The summed E-state index contributed by atoms with van der Waals surface area (Å²) in [6.45, 7) is 1.86. The first-order chi connectivity index (χ1) is 7.59. The third-order valence-corrected chi connectivity index (χ3v) is 3.15. The molecule has 16 heavy (non-hydrogen) atoms. The van der Waals surface area contributed by atoms with Gasteiger partial charge in [-0.1, -0.05) is 11.6 Å². The minimum atomic E-state index is -0.448. The minimum absolute atomic E-state index is 0.416. The molecule has 0 spiro atoms. The smallest absolute Gasteiger partial charge is 0.250 e. The first-order valence-electron chi connectivity index (χ1n) is 5.12. The highest BCUT2D eigenvalue weighted by Crippen LogP contribution is 2.25. The summed E-state index contributed by atoms with van der Waals surface area (Å²) >= 11 is 5.85. The van der Waals surface area contributed by atoms with E-state index in [4.69, 9.17) is 17.3 Å². The van der Waals surface area contributed by atoms with Gasteiger partial charge in [0.15, 0.2) is 0 Å². The number of likely N-dealkylation sites (N-methyl/N-ethyl adjacent to an activating group) is 1. The van der Waals surface area contributed by atoms with E-state index in [2.05, 4.69) is 10.2 Å². The molecular formula is C11H14ClN3O. The zero-order valence-corrected chi connectivity index (χ0v) is 9.79. The zero-order chi connectivity index (χ0) is 11.7. The summed E-state index contributed by atoms with van der Waals surface area (Å²) in [5.74, 6) is -0.448. The number of nitrogens with one attached hydrogen (secondary N) is 1. The number of hydrogen-bond acceptors (Lipinski definition) is 3. The molecule has 0 unspecified atom stereocenters. The van der Waals surface area contributed by atoms with Crippen LogP contribution >= 0.6 is 11.6 Å². The lowest BCUT2D eigenvalue weighted by molar-refractivity contribution is 0.100. The van der Waals surface area contributed by atoms with Crippen LogP contribution in [0.4, 0.5) is 5.69 Å². The number of nitrogens with zero attached hydrogens (tertiary/aromatic N) is 1. The van der Waals surface area contributed by atoms with Crippen molar-refractivity contribution < 1.29 is 4.79 Å². The van der Waals surface area contributed by atoms with Gasteiger partial charge >= 0.3 is 0 Å². The van der Waals surface area contributed by atoms with Crippen LogP contribution in [0.3, 0.4) is 0 Å². The minimum Gasteiger partial charge on any atom is -0.368 e. The SMILES string of the molecule is CN(c1ccc(Cl)cc1C(N)=O)C1CNC1. The number of carbonyl (C=O) groups excluding carboxylic acids is 1. The standard InChI is InChI=1S/C11H14ClN3O/c1-15(8-5-14-6-8)10-3-2-7(12)4-9(10)11(13)16/h2-4,8,14H,5-6H2,1H3,(H2,13,16). The predicted molar refractivity (Wildman–Crippen MR) is 65.0 cm³/mol. The van der Waals surface area contributed by atoms with Gasteiger partial charge in [0.2, 0.25) is 0 Å². The summed E-state index contributed by atoms with van der Waals surface area (Å²) in [4.78, 5) is 13.4. The van der Waals surface area contributed by atoms with Gasteiger partial charge in [0.25, 0.3) is 5.91 Å². The summed E-state index contributed by atoms with van der Waals surface area (Å²) in [6, 6.07) is 5.63. The average Bonchev–Trinajstić information content (AvgIpc) is 2.14. The molecule has 1 heterocycles. The largest absolute Gasteiger partial charge is 0.368 e. The Morgan fingerprint density at radius 1 is 1.56 bits per heavy atom. The molecule has 1 aliphatic rings. The van der Waals surface area contributed by atoms with E-state index in [-0.39, 0.29) is 0 Å². The van der Waals surface area contributed by atoms with Crippen LogP contribution in [-0.2, 0) is 0 Å². The molecule has 1 fully saturated rings. The molecule has 1 aliphatic heterocycles. The number of rotatable bonds is 3. The highest BCUT2D eigenvalue weighted by Gasteiger charge is 2.24. The number of anilines is 1. The summed E-state index contributed by atoms with van der Waals surface area (Å²) in [7, 11) is 1.96. The van der Waals surface area contributed by atoms with E-state index in [0.717, 1.165) is 18.8 Å². The number of nitrogens with two attached hydrogens (primary N) is 1. The van der Waals surface area contributed by atoms with Crippen molar-refractivity contribution in [2.45, 2.75) is 6.04 Å². The molecule has 3 N–H and O–H groups in total. The summed E-state index contributed by atoms with van der Waals surface area (Å²) < 4.78 is 0. The highest BCUT2D eigenvalue weighted by molar-refractivity contribution is 6.31. The molecule has 0 saturated carbocycles. The molecule has 0 bridgehead atoms. The molecule has 86 valence electrons. The molecule has 1 aromatic carbocycles. The van der Waals surface area contributed by atoms with Crippen LogP contribution < -0.4 is 16.0 Å². The zero-order valence-electron chi connectivity index (χ0n) is 9.03. The van der Waals surface area contributed by atoms with E-state index in [1.807, 2.05) is 13.1 Å². The van der Waals surface area contributed by atoms with Crippen LogP contribution in [0.5, 0.6) is 0 Å². The van der Waals surface area contributed by atoms with Crippen LogP contribution in [0, 0.1) is 0 Å². The third kappa shape index (κ3) is 1.99. The van der Waals surface area contributed by atoms with Gasteiger partial charge in [-0.15, -0.1) is 0 Å². The van der Waals surface area contributed by atoms with Crippen LogP contribution in [0.2, 0.25) is 5.02 Å². The molecule has 1 aromatic rings. The van der Waals surface area contributed by atoms with E-state index in [0.29, 0.717) is 16.6 Å². The first-order valence-corrected chi connectivity index (χ1v) is 5.50. The molecule has 1 saturated heterocycles. The maximum Gasteiger partial charge on any atom is 0.250 e. The van der Waals surface area contributed by atoms with Gasteiger partial charge in [-0.2, -0.15) is 0 Å². The van der Waals surface area contributed by atoms with Gasteiger partial charge in [-0.05, 0) is 18.2 Å².